The van der Waals surface area contributed by atoms with Gasteiger partial charge in [0.1, 0.15) is 12.9 Å². The quantitative estimate of drug-likeness (QED) is 0.547. The molecule has 1 aliphatic carbocycles. The van der Waals surface area contributed by atoms with Gasteiger partial charge in [-0.25, -0.2) is 0 Å². The summed E-state index contributed by atoms with van der Waals surface area (Å²) in [5.41, 5.74) is 0.402. The van der Waals surface area contributed by atoms with E-state index in [9.17, 15) is 4.79 Å². The minimum atomic E-state index is -0.461. The summed E-state index contributed by atoms with van der Waals surface area (Å²) in [5, 5.41) is -0.00390. The fourth-order valence-corrected chi connectivity index (χ4v) is 3.48. The molecule has 0 aliphatic heterocycles. The number of nitrogens with zero attached hydrogens (tertiary/aromatic N) is 1. The lowest BCUT2D eigenvalue weighted by Crippen LogP contribution is -2.39. The number of hydrogen-bond donors (Lipinski definition) is 0. The van der Waals surface area contributed by atoms with Crippen LogP contribution in [0.1, 0.15) is 72.4 Å². The molecule has 0 spiro atoms. The summed E-state index contributed by atoms with van der Waals surface area (Å²) in [4.78, 5) is 17.3. The molecule has 0 aromatic carbocycles. The second-order valence-electron chi connectivity index (χ2n) is 8.56. The van der Waals surface area contributed by atoms with E-state index in [0.717, 1.165) is 51.4 Å². The van der Waals surface area contributed by atoms with Crippen LogP contribution in [0.25, 0.3) is 0 Å². The van der Waals surface area contributed by atoms with Gasteiger partial charge in [0.25, 0.3) is 0 Å². The van der Waals surface area contributed by atoms with E-state index >= 15 is 0 Å². The molecule has 1 fully saturated rings. The van der Waals surface area contributed by atoms with Gasteiger partial charge < -0.3 is 4.74 Å². The zero-order valence-corrected chi connectivity index (χ0v) is 16.0. The van der Waals surface area contributed by atoms with Crippen LogP contribution in [-0.2, 0) is 14.8 Å². The minimum absolute atomic E-state index is 0.00390. The lowest BCUT2D eigenvalue weighted by molar-refractivity contribution is -0.167. The molecular weight excluding hydrogens is 297 g/mol. The van der Waals surface area contributed by atoms with Crippen molar-refractivity contribution >= 4 is 13.2 Å². The van der Waals surface area contributed by atoms with Crippen molar-refractivity contribution in [3.63, 3.8) is 0 Å². The van der Waals surface area contributed by atoms with E-state index in [1.54, 1.807) is 0 Å². The van der Waals surface area contributed by atoms with Gasteiger partial charge in [-0.2, -0.15) is 0 Å². The monoisotopic (exact) mass is 329 g/mol. The maximum Gasteiger partial charge on any atom is 0.311 e. The average molecular weight is 329 g/mol. The van der Waals surface area contributed by atoms with Crippen molar-refractivity contribution in [1.82, 2.24) is 4.98 Å². The molecule has 3 nitrogen and oxygen atoms in total. The third-order valence-corrected chi connectivity index (χ3v) is 5.92. The highest BCUT2D eigenvalue weighted by molar-refractivity contribution is 6.40. The first-order valence-electron chi connectivity index (χ1n) is 9.36. The zero-order chi connectivity index (χ0) is 17.8. The molecule has 0 radical (unpaired) electrons. The molecule has 0 amide bonds. The van der Waals surface area contributed by atoms with Crippen LogP contribution >= 0.6 is 0 Å². The van der Waals surface area contributed by atoms with Crippen LogP contribution < -0.4 is 0 Å². The third kappa shape index (κ3) is 4.40. The first-order chi connectivity index (χ1) is 11.2. The van der Waals surface area contributed by atoms with Crippen LogP contribution in [0.3, 0.4) is 0 Å². The highest BCUT2D eigenvalue weighted by atomic mass is 16.6. The number of carbonyl (C=O) groups excluding carboxylic acids is 1. The molecule has 2 rings (SSSR count). The van der Waals surface area contributed by atoms with Gasteiger partial charge in [-0.15, -0.1) is 0 Å². The fourth-order valence-electron chi connectivity index (χ4n) is 3.48. The van der Waals surface area contributed by atoms with Crippen LogP contribution in [-0.4, -0.2) is 23.8 Å². The fraction of sp³-hybridized carbons (Fsp3) is 0.700. The minimum Gasteiger partial charge on any atom is -0.459 e. The molecule has 1 aromatic heterocycles. The maximum absolute atomic E-state index is 12.7. The second-order valence-corrected chi connectivity index (χ2v) is 8.56. The molecule has 0 bridgehead atoms. The van der Waals surface area contributed by atoms with Gasteiger partial charge in [-0.3, -0.25) is 9.78 Å². The highest BCUT2D eigenvalue weighted by Gasteiger charge is 2.40. The summed E-state index contributed by atoms with van der Waals surface area (Å²) in [7, 11) is 0.930. The van der Waals surface area contributed by atoms with Crippen LogP contribution in [0.4, 0.5) is 0 Å². The largest absolute Gasteiger partial charge is 0.459 e. The molecule has 132 valence electrons. The third-order valence-electron chi connectivity index (χ3n) is 5.92. The number of esters is 1. The lowest BCUT2D eigenvalue weighted by atomic mass is 9.45. The number of ether oxygens (including phenoxy) is 1. The summed E-state index contributed by atoms with van der Waals surface area (Å²) in [6, 6.07) is 6.08. The molecule has 1 heterocycles. The highest BCUT2D eigenvalue weighted by Crippen LogP contribution is 2.37. The molecule has 24 heavy (non-hydrogen) atoms. The SMILES string of the molecule is CCC(C)(BCC(C)(C)C(=O)OC1(C)CCCC1)c1ccccn1. The molecule has 1 aliphatic rings. The van der Waals surface area contributed by atoms with Crippen LogP contribution in [0, 0.1) is 5.41 Å². The van der Waals surface area contributed by atoms with Gasteiger partial charge in [0.15, 0.2) is 0 Å². The van der Waals surface area contributed by atoms with Crippen molar-refractivity contribution in [2.45, 2.75) is 84.0 Å². The van der Waals surface area contributed by atoms with Crippen molar-refractivity contribution in [2.75, 3.05) is 0 Å². The Morgan fingerprint density at radius 1 is 1.29 bits per heavy atom. The van der Waals surface area contributed by atoms with Crippen molar-refractivity contribution in [3.8, 4) is 0 Å². The van der Waals surface area contributed by atoms with Gasteiger partial charge in [0, 0.05) is 11.9 Å². The predicted molar refractivity (Wildman–Crippen MR) is 101 cm³/mol. The molecule has 0 N–H and O–H groups in total. The van der Waals surface area contributed by atoms with Gasteiger partial charge in [-0.05, 0) is 50.1 Å². The predicted octanol–water partition coefficient (Wildman–Crippen LogP) is 4.46. The van der Waals surface area contributed by atoms with Gasteiger partial charge in [0.2, 0.25) is 0 Å². The number of carbonyl (C=O) groups is 1. The van der Waals surface area contributed by atoms with Gasteiger partial charge in [-0.1, -0.05) is 46.5 Å². The van der Waals surface area contributed by atoms with Crippen molar-refractivity contribution in [3.05, 3.63) is 30.1 Å². The van der Waals surface area contributed by atoms with E-state index in [4.69, 9.17) is 4.74 Å². The van der Waals surface area contributed by atoms with E-state index in [1.807, 2.05) is 32.2 Å². The number of hydrogen-bond acceptors (Lipinski definition) is 3. The molecule has 1 saturated carbocycles. The topological polar surface area (TPSA) is 39.2 Å². The molecule has 1 unspecified atom stereocenters. The van der Waals surface area contributed by atoms with E-state index in [0.29, 0.717) is 0 Å². The van der Waals surface area contributed by atoms with Crippen molar-refractivity contribution < 1.29 is 9.53 Å². The van der Waals surface area contributed by atoms with E-state index < -0.39 is 5.41 Å². The molecule has 1 atom stereocenters. The molecule has 4 heteroatoms. The van der Waals surface area contributed by atoms with Crippen LogP contribution in [0.15, 0.2) is 24.4 Å². The van der Waals surface area contributed by atoms with E-state index in [-0.39, 0.29) is 16.9 Å². The summed E-state index contributed by atoms with van der Waals surface area (Å²) < 4.78 is 5.91. The molecule has 1 aromatic rings. The second kappa shape index (κ2) is 7.29. The summed E-state index contributed by atoms with van der Waals surface area (Å²) >= 11 is 0. The number of pyridine rings is 1. The molecular formula is C20H32BNO2. The Morgan fingerprint density at radius 3 is 2.50 bits per heavy atom. The van der Waals surface area contributed by atoms with Crippen LogP contribution in [0.2, 0.25) is 6.32 Å². The van der Waals surface area contributed by atoms with Crippen LogP contribution in [0.5, 0.6) is 0 Å². The van der Waals surface area contributed by atoms with E-state index in [1.165, 1.54) is 0 Å². The summed E-state index contributed by atoms with van der Waals surface area (Å²) in [6.07, 6.45) is 7.99. The Balaban J connectivity index is 2.01. The first kappa shape index (κ1) is 19.0. The standard InChI is InChI=1S/C20H32BNO2/c1-6-20(5,16-11-7-10-14-22-16)21-15-18(2,3)17(23)24-19(4)12-8-9-13-19/h7,10-11,14,21H,6,8-9,12-13,15H2,1-5H3. The normalized spacial score (nSPS) is 19.5. The maximum atomic E-state index is 12.7. The van der Waals surface area contributed by atoms with Gasteiger partial charge >= 0.3 is 5.97 Å². The lowest BCUT2D eigenvalue weighted by Gasteiger charge is -2.33. The average Bonchev–Trinajstić information content (AvgIpc) is 2.99. The van der Waals surface area contributed by atoms with E-state index in [2.05, 4.69) is 31.8 Å². The Kier molecular flexibility index (Phi) is 5.77. The smallest absolute Gasteiger partial charge is 0.311 e. The number of rotatable bonds is 7. The van der Waals surface area contributed by atoms with Gasteiger partial charge in [0.05, 0.1) is 5.41 Å². The Labute approximate surface area is 147 Å². The summed E-state index contributed by atoms with van der Waals surface area (Å²) in [6.45, 7) is 10.6. The van der Waals surface area contributed by atoms with Crippen molar-refractivity contribution in [2.24, 2.45) is 5.41 Å². The zero-order valence-electron chi connectivity index (χ0n) is 16.0. The summed E-state index contributed by atoms with van der Waals surface area (Å²) in [5.74, 6) is -0.0497. The van der Waals surface area contributed by atoms with Crippen molar-refractivity contribution in [1.29, 1.82) is 0 Å². The Morgan fingerprint density at radius 2 is 1.96 bits per heavy atom. The number of aromatic nitrogens is 1. The Hall–Kier alpha value is -1.32. The first-order valence-corrected chi connectivity index (χ1v) is 9.36. The molecule has 0 saturated heterocycles. The Bertz CT molecular complexity index is 552.